The molecule has 19 heavy (non-hydrogen) atoms. The molecule has 3 nitrogen and oxygen atoms in total. The second-order valence-electron chi connectivity index (χ2n) is 4.54. The van der Waals surface area contributed by atoms with E-state index < -0.39 is 0 Å². The van der Waals surface area contributed by atoms with Crippen molar-refractivity contribution in [2.24, 2.45) is 0 Å². The van der Waals surface area contributed by atoms with Gasteiger partial charge < -0.3 is 0 Å². The standard InChI is InChI=1S/C15H16ClNO2/c1-4-11-12(5-2)15(19)17(14(11)18)10-6-7-13(16)9(3)8-10/h6-8H,4-5H2,1-3H3. The normalized spacial score (nSPS) is 15.7. The van der Waals surface area contributed by atoms with E-state index in [0.29, 0.717) is 34.7 Å². The quantitative estimate of drug-likeness (QED) is 0.791. The van der Waals surface area contributed by atoms with Crippen molar-refractivity contribution in [2.75, 3.05) is 4.90 Å². The van der Waals surface area contributed by atoms with E-state index in [9.17, 15) is 9.59 Å². The highest BCUT2D eigenvalue weighted by molar-refractivity contribution is 6.33. The minimum absolute atomic E-state index is 0.203. The first-order valence-electron chi connectivity index (χ1n) is 6.38. The van der Waals surface area contributed by atoms with Crippen LogP contribution in [0.15, 0.2) is 29.3 Å². The van der Waals surface area contributed by atoms with Crippen molar-refractivity contribution in [1.29, 1.82) is 0 Å². The summed E-state index contributed by atoms with van der Waals surface area (Å²) in [5.41, 5.74) is 2.69. The number of anilines is 1. The van der Waals surface area contributed by atoms with Crippen molar-refractivity contribution >= 4 is 29.1 Å². The highest BCUT2D eigenvalue weighted by Crippen LogP contribution is 2.31. The molecule has 0 radical (unpaired) electrons. The molecule has 1 aliphatic heterocycles. The topological polar surface area (TPSA) is 37.4 Å². The maximum Gasteiger partial charge on any atom is 0.261 e. The van der Waals surface area contributed by atoms with Gasteiger partial charge in [-0.25, -0.2) is 4.90 Å². The van der Waals surface area contributed by atoms with Crippen LogP contribution in [0.2, 0.25) is 5.02 Å². The Morgan fingerprint density at radius 2 is 1.58 bits per heavy atom. The van der Waals surface area contributed by atoms with Crippen molar-refractivity contribution in [2.45, 2.75) is 33.6 Å². The molecule has 4 heteroatoms. The first kappa shape index (κ1) is 13.8. The van der Waals surface area contributed by atoms with E-state index in [1.165, 1.54) is 4.90 Å². The van der Waals surface area contributed by atoms with Crippen LogP contribution in [-0.4, -0.2) is 11.8 Å². The zero-order valence-electron chi connectivity index (χ0n) is 11.3. The van der Waals surface area contributed by atoms with Crippen molar-refractivity contribution in [3.63, 3.8) is 0 Å². The molecule has 0 bridgehead atoms. The molecule has 1 aliphatic rings. The van der Waals surface area contributed by atoms with Gasteiger partial charge in [-0.05, 0) is 43.5 Å². The Balaban J connectivity index is 2.46. The molecule has 0 aliphatic carbocycles. The van der Waals surface area contributed by atoms with E-state index in [-0.39, 0.29) is 11.8 Å². The summed E-state index contributed by atoms with van der Waals surface area (Å²) in [6.07, 6.45) is 1.16. The van der Waals surface area contributed by atoms with Gasteiger partial charge in [0.25, 0.3) is 11.8 Å². The number of aryl methyl sites for hydroxylation is 1. The molecule has 0 saturated carbocycles. The molecule has 0 spiro atoms. The maximum atomic E-state index is 12.3. The number of carbonyl (C=O) groups excluding carboxylic acids is 2. The predicted octanol–water partition coefficient (Wildman–Crippen LogP) is 3.64. The summed E-state index contributed by atoms with van der Waals surface area (Å²) in [6.45, 7) is 5.64. The Hall–Kier alpha value is -1.61. The van der Waals surface area contributed by atoms with Gasteiger partial charge in [0.2, 0.25) is 0 Å². The minimum atomic E-state index is -0.203. The second kappa shape index (κ2) is 5.17. The molecule has 0 unspecified atom stereocenters. The molecule has 2 rings (SSSR count). The molecule has 1 aromatic carbocycles. The number of halogens is 1. The number of hydrogen-bond acceptors (Lipinski definition) is 2. The molecule has 0 saturated heterocycles. The summed E-state index contributed by atoms with van der Waals surface area (Å²) in [5.74, 6) is -0.405. The van der Waals surface area contributed by atoms with Gasteiger partial charge in [-0.3, -0.25) is 9.59 Å². The fourth-order valence-electron chi connectivity index (χ4n) is 2.35. The fraction of sp³-hybridized carbons (Fsp3) is 0.333. The Morgan fingerprint density at radius 1 is 1.05 bits per heavy atom. The predicted molar refractivity (Wildman–Crippen MR) is 76.3 cm³/mol. The number of amides is 2. The number of nitrogens with zero attached hydrogens (tertiary/aromatic N) is 1. The summed E-state index contributed by atoms with van der Waals surface area (Å²) in [7, 11) is 0. The lowest BCUT2D eigenvalue weighted by molar-refractivity contribution is -0.120. The van der Waals surface area contributed by atoms with E-state index in [1.807, 2.05) is 20.8 Å². The van der Waals surface area contributed by atoms with Gasteiger partial charge in [0, 0.05) is 16.2 Å². The van der Waals surface area contributed by atoms with Gasteiger partial charge in [-0.2, -0.15) is 0 Å². The monoisotopic (exact) mass is 277 g/mol. The first-order chi connectivity index (χ1) is 9.01. The molecule has 0 fully saturated rings. The van der Waals surface area contributed by atoms with Gasteiger partial charge >= 0.3 is 0 Å². The van der Waals surface area contributed by atoms with Gasteiger partial charge in [0.05, 0.1) is 5.69 Å². The van der Waals surface area contributed by atoms with E-state index in [1.54, 1.807) is 18.2 Å². The third-order valence-electron chi connectivity index (χ3n) is 3.39. The van der Waals surface area contributed by atoms with Crippen molar-refractivity contribution in [3.05, 3.63) is 39.9 Å². The van der Waals surface area contributed by atoms with Crippen molar-refractivity contribution in [1.82, 2.24) is 0 Å². The maximum absolute atomic E-state index is 12.3. The van der Waals surface area contributed by atoms with Crippen LogP contribution in [0.25, 0.3) is 0 Å². The Bertz CT molecular complexity index is 564. The molecular formula is C15H16ClNO2. The molecule has 0 aromatic heterocycles. The van der Waals surface area contributed by atoms with Crippen LogP contribution >= 0.6 is 11.6 Å². The van der Waals surface area contributed by atoms with E-state index in [2.05, 4.69) is 0 Å². The number of carbonyl (C=O) groups is 2. The molecule has 100 valence electrons. The Labute approximate surface area is 117 Å². The summed E-state index contributed by atoms with van der Waals surface area (Å²) in [5, 5.41) is 0.627. The summed E-state index contributed by atoms with van der Waals surface area (Å²) >= 11 is 5.97. The smallest absolute Gasteiger partial charge is 0.261 e. The number of benzene rings is 1. The van der Waals surface area contributed by atoms with Crippen LogP contribution < -0.4 is 4.90 Å². The molecule has 1 aromatic rings. The highest BCUT2D eigenvalue weighted by Gasteiger charge is 2.37. The zero-order valence-corrected chi connectivity index (χ0v) is 12.0. The highest BCUT2D eigenvalue weighted by atomic mass is 35.5. The van der Waals surface area contributed by atoms with Crippen LogP contribution in [0, 0.1) is 6.92 Å². The van der Waals surface area contributed by atoms with Crippen LogP contribution in [-0.2, 0) is 9.59 Å². The van der Waals surface area contributed by atoms with Gasteiger partial charge in [0.1, 0.15) is 0 Å². The third-order valence-corrected chi connectivity index (χ3v) is 3.82. The van der Waals surface area contributed by atoms with Gasteiger partial charge in [-0.15, -0.1) is 0 Å². The van der Waals surface area contributed by atoms with Gasteiger partial charge in [-0.1, -0.05) is 25.4 Å². The van der Waals surface area contributed by atoms with Crippen LogP contribution in [0.5, 0.6) is 0 Å². The Morgan fingerprint density at radius 3 is 2.00 bits per heavy atom. The molecular weight excluding hydrogens is 262 g/mol. The van der Waals surface area contributed by atoms with Crippen molar-refractivity contribution in [3.8, 4) is 0 Å². The molecule has 0 N–H and O–H groups in total. The second-order valence-corrected chi connectivity index (χ2v) is 4.95. The Kier molecular flexibility index (Phi) is 3.76. The fourth-order valence-corrected chi connectivity index (χ4v) is 2.47. The van der Waals surface area contributed by atoms with E-state index in [0.717, 1.165) is 5.56 Å². The third kappa shape index (κ3) is 2.19. The minimum Gasteiger partial charge on any atom is -0.269 e. The summed E-state index contributed by atoms with van der Waals surface area (Å²) in [6, 6.07) is 5.18. The summed E-state index contributed by atoms with van der Waals surface area (Å²) in [4.78, 5) is 25.9. The number of imide groups is 1. The lowest BCUT2D eigenvalue weighted by Gasteiger charge is -2.16. The molecule has 1 heterocycles. The molecule has 0 atom stereocenters. The van der Waals surface area contributed by atoms with E-state index in [4.69, 9.17) is 11.6 Å². The summed E-state index contributed by atoms with van der Waals surface area (Å²) < 4.78 is 0. The number of rotatable bonds is 3. The lowest BCUT2D eigenvalue weighted by Crippen LogP contribution is -2.31. The molecule has 2 amide bonds. The SMILES string of the molecule is CCC1=C(CC)C(=O)N(c2ccc(Cl)c(C)c2)C1=O. The average Bonchev–Trinajstić information content (AvgIpc) is 2.63. The van der Waals surface area contributed by atoms with Gasteiger partial charge in [0.15, 0.2) is 0 Å². The van der Waals surface area contributed by atoms with E-state index >= 15 is 0 Å². The zero-order chi connectivity index (χ0) is 14.2. The van der Waals surface area contributed by atoms with Crippen LogP contribution in [0.4, 0.5) is 5.69 Å². The largest absolute Gasteiger partial charge is 0.269 e. The van der Waals surface area contributed by atoms with Crippen molar-refractivity contribution < 1.29 is 9.59 Å². The average molecular weight is 278 g/mol. The van der Waals surface area contributed by atoms with Crippen LogP contribution in [0.3, 0.4) is 0 Å². The van der Waals surface area contributed by atoms with Crippen LogP contribution in [0.1, 0.15) is 32.3 Å². The lowest BCUT2D eigenvalue weighted by atomic mass is 10.1. The first-order valence-corrected chi connectivity index (χ1v) is 6.76. The number of hydrogen-bond donors (Lipinski definition) is 0.